The number of pyridine rings is 1. The van der Waals surface area contributed by atoms with Gasteiger partial charge >= 0.3 is 5.97 Å². The van der Waals surface area contributed by atoms with E-state index in [1.807, 2.05) is 32.9 Å². The largest absolute Gasteiger partial charge is 0.460 e. The molecule has 0 aliphatic rings. The Bertz CT molecular complexity index is 941. The number of nitrogens with zero attached hydrogens (tertiary/aromatic N) is 2. The number of carbonyl (C=O) groups excluding carboxylic acids is 1. The number of ether oxygens (including phenoxy) is 1. The fraction of sp³-hybridized carbons (Fsp3) is 0.364. The first-order valence-corrected chi connectivity index (χ1v) is 9.20. The van der Waals surface area contributed by atoms with Crippen LogP contribution >= 0.6 is 0 Å². The summed E-state index contributed by atoms with van der Waals surface area (Å²) in [6.45, 7) is 6.18. The Morgan fingerprint density at radius 3 is 2.74 bits per heavy atom. The smallest absolute Gasteiger partial charge is 0.306 e. The zero-order valence-electron chi connectivity index (χ0n) is 16.0. The fourth-order valence-corrected chi connectivity index (χ4v) is 3.21. The Kier molecular flexibility index (Phi) is 5.59. The van der Waals surface area contributed by atoms with Crippen molar-refractivity contribution in [1.82, 2.24) is 9.55 Å². The molecule has 0 aliphatic heterocycles. The van der Waals surface area contributed by atoms with Crippen LogP contribution in [-0.2, 0) is 22.5 Å². The van der Waals surface area contributed by atoms with Gasteiger partial charge in [-0.05, 0) is 56.9 Å². The second-order valence-electron chi connectivity index (χ2n) is 7.75. The molecule has 2 heterocycles. The van der Waals surface area contributed by atoms with Crippen LogP contribution in [0.15, 0.2) is 48.9 Å². The van der Waals surface area contributed by atoms with Crippen molar-refractivity contribution in [2.24, 2.45) is 0 Å². The van der Waals surface area contributed by atoms with Gasteiger partial charge in [-0.3, -0.25) is 9.78 Å². The van der Waals surface area contributed by atoms with Crippen LogP contribution in [0.25, 0.3) is 10.9 Å². The van der Waals surface area contributed by atoms with E-state index in [1.54, 1.807) is 6.20 Å². The van der Waals surface area contributed by atoms with E-state index in [2.05, 4.69) is 27.9 Å². The summed E-state index contributed by atoms with van der Waals surface area (Å²) in [6, 6.07) is 9.64. The van der Waals surface area contributed by atoms with E-state index in [9.17, 15) is 9.18 Å². The lowest BCUT2D eigenvalue weighted by atomic mass is 10.1. The molecule has 2 aromatic heterocycles. The molecule has 0 radical (unpaired) electrons. The molecule has 3 rings (SSSR count). The van der Waals surface area contributed by atoms with Gasteiger partial charge in [-0.2, -0.15) is 0 Å². The van der Waals surface area contributed by atoms with Crippen molar-refractivity contribution < 1.29 is 13.9 Å². The van der Waals surface area contributed by atoms with Crippen LogP contribution in [0.1, 0.15) is 44.7 Å². The highest BCUT2D eigenvalue weighted by molar-refractivity contribution is 5.84. The predicted octanol–water partition coefficient (Wildman–Crippen LogP) is 4.89. The zero-order valence-corrected chi connectivity index (χ0v) is 16.0. The van der Waals surface area contributed by atoms with Gasteiger partial charge in [-0.15, -0.1) is 0 Å². The maximum absolute atomic E-state index is 13.4. The second-order valence-corrected chi connectivity index (χ2v) is 7.75. The Morgan fingerprint density at radius 1 is 1.22 bits per heavy atom. The van der Waals surface area contributed by atoms with Crippen LogP contribution in [-0.4, -0.2) is 21.1 Å². The summed E-state index contributed by atoms with van der Waals surface area (Å²) in [5.41, 5.74) is 2.63. The van der Waals surface area contributed by atoms with Crippen molar-refractivity contribution in [3.05, 3.63) is 65.9 Å². The average molecular weight is 368 g/mol. The monoisotopic (exact) mass is 368 g/mol. The van der Waals surface area contributed by atoms with E-state index in [0.717, 1.165) is 29.3 Å². The highest BCUT2D eigenvalue weighted by atomic mass is 19.1. The number of carbonyl (C=O) groups is 1. The minimum atomic E-state index is -0.452. The number of rotatable bonds is 6. The maximum Gasteiger partial charge on any atom is 0.306 e. The molecule has 0 unspecified atom stereocenters. The predicted molar refractivity (Wildman–Crippen MR) is 104 cm³/mol. The van der Waals surface area contributed by atoms with Crippen LogP contribution in [0.4, 0.5) is 4.39 Å². The number of para-hydroxylation sites is 1. The van der Waals surface area contributed by atoms with Crippen molar-refractivity contribution in [1.29, 1.82) is 0 Å². The topological polar surface area (TPSA) is 44.1 Å². The number of hydrogen-bond donors (Lipinski definition) is 0. The van der Waals surface area contributed by atoms with Crippen LogP contribution in [0, 0.1) is 5.82 Å². The summed E-state index contributed by atoms with van der Waals surface area (Å²) in [6.07, 6.45) is 6.88. The highest BCUT2D eigenvalue weighted by Crippen LogP contribution is 2.24. The van der Waals surface area contributed by atoms with E-state index < -0.39 is 5.60 Å². The number of esters is 1. The van der Waals surface area contributed by atoms with Gasteiger partial charge in [0.05, 0.1) is 6.20 Å². The molecule has 0 fully saturated rings. The van der Waals surface area contributed by atoms with Crippen LogP contribution in [0.5, 0.6) is 0 Å². The third-order valence-corrected chi connectivity index (χ3v) is 4.23. The molecule has 0 saturated heterocycles. The molecule has 0 spiro atoms. The van der Waals surface area contributed by atoms with Crippen LogP contribution < -0.4 is 0 Å². The molecular weight excluding hydrogens is 343 g/mol. The third kappa shape index (κ3) is 5.16. The van der Waals surface area contributed by atoms with Gasteiger partial charge in [0, 0.05) is 36.3 Å². The zero-order chi connectivity index (χ0) is 19.4. The number of fused-ring (bicyclic) bond motifs is 1. The Hall–Kier alpha value is -2.69. The van der Waals surface area contributed by atoms with Gasteiger partial charge in [0.2, 0.25) is 0 Å². The van der Waals surface area contributed by atoms with Crippen molar-refractivity contribution in [3.63, 3.8) is 0 Å². The Morgan fingerprint density at radius 2 is 2.00 bits per heavy atom. The summed E-state index contributed by atoms with van der Waals surface area (Å²) < 4.78 is 20.9. The molecule has 0 amide bonds. The number of benzene rings is 1. The molecule has 4 nitrogen and oxygen atoms in total. The van der Waals surface area contributed by atoms with E-state index >= 15 is 0 Å². The van der Waals surface area contributed by atoms with Crippen LogP contribution in [0.2, 0.25) is 0 Å². The van der Waals surface area contributed by atoms with Gasteiger partial charge in [0.25, 0.3) is 0 Å². The molecule has 3 aromatic rings. The Labute approximate surface area is 159 Å². The maximum atomic E-state index is 13.4. The SMILES string of the molecule is CC(C)(C)OC(=O)CCCc1cn(Cc2cncc(F)c2)c2ccccc12. The number of hydrogen-bond acceptors (Lipinski definition) is 3. The Balaban J connectivity index is 1.74. The minimum Gasteiger partial charge on any atom is -0.460 e. The summed E-state index contributed by atoms with van der Waals surface area (Å²) in [5.74, 6) is -0.501. The van der Waals surface area contributed by atoms with E-state index in [4.69, 9.17) is 4.74 Å². The lowest BCUT2D eigenvalue weighted by Gasteiger charge is -2.19. The average Bonchev–Trinajstić information content (AvgIpc) is 2.91. The molecule has 0 atom stereocenters. The van der Waals surface area contributed by atoms with Gasteiger partial charge < -0.3 is 9.30 Å². The first-order chi connectivity index (χ1) is 12.8. The molecule has 0 N–H and O–H groups in total. The van der Waals surface area contributed by atoms with Crippen molar-refractivity contribution >= 4 is 16.9 Å². The normalized spacial score (nSPS) is 11.7. The lowest BCUT2D eigenvalue weighted by molar-refractivity contribution is -0.154. The minimum absolute atomic E-state index is 0.169. The number of aryl methyl sites for hydroxylation is 1. The quantitative estimate of drug-likeness (QED) is 0.582. The fourth-order valence-electron chi connectivity index (χ4n) is 3.21. The molecule has 142 valence electrons. The van der Waals surface area contributed by atoms with Crippen molar-refractivity contribution in [3.8, 4) is 0 Å². The molecular formula is C22H25FN2O2. The summed E-state index contributed by atoms with van der Waals surface area (Å²) in [5, 5.41) is 1.16. The van der Waals surface area contributed by atoms with E-state index in [1.165, 1.54) is 17.8 Å². The molecule has 0 saturated carbocycles. The van der Waals surface area contributed by atoms with Crippen LogP contribution in [0.3, 0.4) is 0 Å². The molecule has 1 aromatic carbocycles. The molecule has 0 bridgehead atoms. The summed E-state index contributed by atoms with van der Waals surface area (Å²) >= 11 is 0. The van der Waals surface area contributed by atoms with Gasteiger partial charge in [-0.1, -0.05) is 18.2 Å². The number of halogens is 1. The van der Waals surface area contributed by atoms with E-state index in [-0.39, 0.29) is 11.8 Å². The second kappa shape index (κ2) is 7.91. The molecule has 5 heteroatoms. The lowest BCUT2D eigenvalue weighted by Crippen LogP contribution is -2.23. The molecule has 27 heavy (non-hydrogen) atoms. The molecule has 0 aliphatic carbocycles. The third-order valence-electron chi connectivity index (χ3n) is 4.23. The van der Waals surface area contributed by atoms with Gasteiger partial charge in [0.1, 0.15) is 11.4 Å². The first kappa shape index (κ1) is 19.1. The summed E-state index contributed by atoms with van der Waals surface area (Å²) in [7, 11) is 0. The van der Waals surface area contributed by atoms with Gasteiger partial charge in [0.15, 0.2) is 0 Å². The first-order valence-electron chi connectivity index (χ1n) is 9.20. The number of aromatic nitrogens is 2. The van der Waals surface area contributed by atoms with Crippen molar-refractivity contribution in [2.75, 3.05) is 0 Å². The van der Waals surface area contributed by atoms with Gasteiger partial charge in [-0.25, -0.2) is 4.39 Å². The van der Waals surface area contributed by atoms with E-state index in [0.29, 0.717) is 13.0 Å². The standard InChI is InChI=1S/C22H25FN2O2/c1-22(2,3)27-21(26)10-6-7-17-15-25(20-9-5-4-8-19(17)20)14-16-11-18(23)13-24-12-16/h4-5,8-9,11-13,15H,6-7,10,14H2,1-3H3. The van der Waals surface area contributed by atoms with Crippen molar-refractivity contribution in [2.45, 2.75) is 52.2 Å². The highest BCUT2D eigenvalue weighted by Gasteiger charge is 2.16. The summed E-state index contributed by atoms with van der Waals surface area (Å²) in [4.78, 5) is 15.8.